The highest BCUT2D eigenvalue weighted by molar-refractivity contribution is 4.93. The molecule has 94 valence electrons. The van der Waals surface area contributed by atoms with Crippen LogP contribution >= 0.6 is 0 Å². The van der Waals surface area contributed by atoms with E-state index in [-0.39, 0.29) is 0 Å². The number of methoxy groups -OCH3 is 1. The fraction of sp³-hybridized carbons (Fsp3) is 1.00. The van der Waals surface area contributed by atoms with Gasteiger partial charge in [0.15, 0.2) is 0 Å². The fourth-order valence-electron chi connectivity index (χ4n) is 3.43. The monoisotopic (exact) mass is 226 g/mol. The lowest BCUT2D eigenvalue weighted by Gasteiger charge is -2.48. The molecule has 2 fully saturated rings. The van der Waals surface area contributed by atoms with E-state index in [1.807, 2.05) is 0 Å². The van der Waals surface area contributed by atoms with Crippen molar-refractivity contribution in [3.05, 3.63) is 0 Å². The van der Waals surface area contributed by atoms with E-state index >= 15 is 0 Å². The molecule has 3 nitrogen and oxygen atoms in total. The summed E-state index contributed by atoms with van der Waals surface area (Å²) in [6, 6.07) is 2.03. The van der Waals surface area contributed by atoms with Crippen LogP contribution in [0.15, 0.2) is 0 Å². The van der Waals surface area contributed by atoms with E-state index in [4.69, 9.17) is 10.5 Å². The van der Waals surface area contributed by atoms with E-state index in [0.29, 0.717) is 6.04 Å². The van der Waals surface area contributed by atoms with Gasteiger partial charge in [0.2, 0.25) is 0 Å². The summed E-state index contributed by atoms with van der Waals surface area (Å²) < 4.78 is 5.10. The molecule has 0 aromatic rings. The zero-order chi connectivity index (χ0) is 11.4. The number of fused-ring (bicyclic) bond motifs is 2. The van der Waals surface area contributed by atoms with Crippen molar-refractivity contribution in [3.63, 3.8) is 0 Å². The van der Waals surface area contributed by atoms with Gasteiger partial charge in [-0.2, -0.15) is 0 Å². The first-order valence-electron chi connectivity index (χ1n) is 6.81. The van der Waals surface area contributed by atoms with Gasteiger partial charge in [-0.05, 0) is 45.1 Å². The summed E-state index contributed by atoms with van der Waals surface area (Å²) in [7, 11) is 1.79. The van der Waals surface area contributed by atoms with Crippen LogP contribution in [0.2, 0.25) is 0 Å². The highest BCUT2D eigenvalue weighted by Crippen LogP contribution is 2.33. The molecule has 2 atom stereocenters. The van der Waals surface area contributed by atoms with Crippen LogP contribution in [0.4, 0.5) is 0 Å². The Morgan fingerprint density at radius 2 is 1.88 bits per heavy atom. The molecule has 2 bridgehead atoms. The van der Waals surface area contributed by atoms with Gasteiger partial charge in [-0.3, -0.25) is 4.90 Å². The first-order valence-corrected chi connectivity index (χ1v) is 6.81. The largest absolute Gasteiger partial charge is 0.385 e. The third kappa shape index (κ3) is 2.96. The molecule has 0 spiro atoms. The van der Waals surface area contributed by atoms with Gasteiger partial charge in [0.05, 0.1) is 0 Å². The summed E-state index contributed by atoms with van der Waals surface area (Å²) in [5, 5.41) is 0. The van der Waals surface area contributed by atoms with Crippen molar-refractivity contribution < 1.29 is 4.74 Å². The molecule has 0 saturated carbocycles. The van der Waals surface area contributed by atoms with Crippen LogP contribution in [-0.4, -0.2) is 43.3 Å². The maximum absolute atomic E-state index is 6.12. The second kappa shape index (κ2) is 5.99. The van der Waals surface area contributed by atoms with E-state index in [0.717, 1.165) is 18.7 Å². The lowest BCUT2D eigenvalue weighted by atomic mass is 9.82. The molecule has 0 aromatic heterocycles. The van der Waals surface area contributed by atoms with Gasteiger partial charge >= 0.3 is 0 Å². The number of rotatable bonds is 5. The lowest BCUT2D eigenvalue weighted by Crippen LogP contribution is -2.55. The summed E-state index contributed by atoms with van der Waals surface area (Å²) in [6.45, 7) is 2.16. The Morgan fingerprint density at radius 1 is 1.19 bits per heavy atom. The standard InChI is InChI=1S/C13H26N2O/c1-16-8-3-2-7-15-12-5-4-6-13(15)10-11(14)9-12/h11-13H,2-10,14H2,1H3. The van der Waals surface area contributed by atoms with Crippen LogP contribution in [0.25, 0.3) is 0 Å². The van der Waals surface area contributed by atoms with Crippen molar-refractivity contribution in [3.8, 4) is 0 Å². The minimum atomic E-state index is 0.463. The SMILES string of the molecule is COCCCCN1C2CCCC1CC(N)C2. The Labute approximate surface area is 99.3 Å². The third-order valence-corrected chi connectivity index (χ3v) is 4.18. The zero-order valence-electron chi connectivity index (χ0n) is 10.5. The van der Waals surface area contributed by atoms with Gasteiger partial charge in [0.25, 0.3) is 0 Å². The van der Waals surface area contributed by atoms with E-state index in [9.17, 15) is 0 Å². The first-order chi connectivity index (χ1) is 7.81. The van der Waals surface area contributed by atoms with Crippen molar-refractivity contribution >= 4 is 0 Å². The molecule has 2 aliphatic heterocycles. The number of nitrogens with two attached hydrogens (primary N) is 1. The Balaban J connectivity index is 1.79. The van der Waals surface area contributed by atoms with Gasteiger partial charge in [-0.25, -0.2) is 0 Å². The second-order valence-corrected chi connectivity index (χ2v) is 5.41. The number of piperidine rings is 2. The van der Waals surface area contributed by atoms with E-state index in [1.54, 1.807) is 7.11 Å². The summed E-state index contributed by atoms with van der Waals surface area (Å²) in [5.41, 5.74) is 6.12. The predicted octanol–water partition coefficient (Wildman–Crippen LogP) is 1.76. The molecule has 16 heavy (non-hydrogen) atoms. The summed E-state index contributed by atoms with van der Waals surface area (Å²) >= 11 is 0. The van der Waals surface area contributed by atoms with Crippen molar-refractivity contribution in [2.45, 2.75) is 63.1 Å². The molecular formula is C13H26N2O. The third-order valence-electron chi connectivity index (χ3n) is 4.18. The van der Waals surface area contributed by atoms with Gasteiger partial charge in [0, 0.05) is 31.8 Å². The Kier molecular flexibility index (Phi) is 4.62. The van der Waals surface area contributed by atoms with Crippen molar-refractivity contribution in [2.24, 2.45) is 5.73 Å². The smallest absolute Gasteiger partial charge is 0.0462 e. The molecule has 0 aliphatic carbocycles. The molecule has 2 rings (SSSR count). The molecule has 2 unspecified atom stereocenters. The molecular weight excluding hydrogens is 200 g/mol. The molecule has 3 heteroatoms. The average Bonchev–Trinajstić information content (AvgIpc) is 2.25. The van der Waals surface area contributed by atoms with Crippen LogP contribution in [0.3, 0.4) is 0 Å². The van der Waals surface area contributed by atoms with Crippen molar-refractivity contribution in [2.75, 3.05) is 20.3 Å². The normalized spacial score (nSPS) is 35.2. The van der Waals surface area contributed by atoms with E-state index in [2.05, 4.69) is 4.90 Å². The van der Waals surface area contributed by atoms with Gasteiger partial charge in [0.1, 0.15) is 0 Å². The minimum Gasteiger partial charge on any atom is -0.385 e. The Morgan fingerprint density at radius 3 is 2.50 bits per heavy atom. The molecule has 0 amide bonds. The molecule has 0 aromatic carbocycles. The minimum absolute atomic E-state index is 0.463. The summed E-state index contributed by atoms with van der Waals surface area (Å²) in [5.74, 6) is 0. The predicted molar refractivity (Wildman–Crippen MR) is 66.5 cm³/mol. The van der Waals surface area contributed by atoms with Gasteiger partial charge in [-0.1, -0.05) is 6.42 Å². The highest BCUT2D eigenvalue weighted by atomic mass is 16.5. The number of hydrogen-bond donors (Lipinski definition) is 1. The quantitative estimate of drug-likeness (QED) is 0.726. The molecule has 2 heterocycles. The van der Waals surface area contributed by atoms with Gasteiger partial charge < -0.3 is 10.5 Å². The van der Waals surface area contributed by atoms with Crippen molar-refractivity contribution in [1.29, 1.82) is 0 Å². The number of hydrogen-bond acceptors (Lipinski definition) is 3. The van der Waals surface area contributed by atoms with Crippen LogP contribution in [0, 0.1) is 0 Å². The first kappa shape index (κ1) is 12.3. The zero-order valence-corrected chi connectivity index (χ0v) is 10.5. The second-order valence-electron chi connectivity index (χ2n) is 5.41. The van der Waals surface area contributed by atoms with E-state index < -0.39 is 0 Å². The Hall–Kier alpha value is -0.120. The topological polar surface area (TPSA) is 38.5 Å². The molecule has 0 radical (unpaired) electrons. The number of ether oxygens (including phenoxy) is 1. The van der Waals surface area contributed by atoms with Crippen LogP contribution in [-0.2, 0) is 4.74 Å². The maximum Gasteiger partial charge on any atom is 0.0462 e. The van der Waals surface area contributed by atoms with Crippen molar-refractivity contribution in [1.82, 2.24) is 4.90 Å². The lowest BCUT2D eigenvalue weighted by molar-refractivity contribution is 0.0287. The average molecular weight is 226 g/mol. The Bertz CT molecular complexity index is 196. The van der Waals surface area contributed by atoms with Crippen LogP contribution in [0.5, 0.6) is 0 Å². The maximum atomic E-state index is 6.12. The molecule has 2 saturated heterocycles. The summed E-state index contributed by atoms with van der Waals surface area (Å²) in [4.78, 5) is 2.74. The van der Waals surface area contributed by atoms with Crippen LogP contribution in [0.1, 0.15) is 44.9 Å². The van der Waals surface area contributed by atoms with E-state index in [1.165, 1.54) is 51.5 Å². The molecule has 2 N–H and O–H groups in total. The highest BCUT2D eigenvalue weighted by Gasteiger charge is 2.36. The summed E-state index contributed by atoms with van der Waals surface area (Å²) in [6.07, 6.45) is 9.07. The molecule has 2 aliphatic rings. The van der Waals surface area contributed by atoms with Crippen LogP contribution < -0.4 is 5.73 Å². The number of unbranched alkanes of at least 4 members (excludes halogenated alkanes) is 1. The fourth-order valence-corrected chi connectivity index (χ4v) is 3.43. The number of nitrogens with zero attached hydrogens (tertiary/aromatic N) is 1. The van der Waals surface area contributed by atoms with Gasteiger partial charge in [-0.15, -0.1) is 0 Å².